The second-order valence-electron chi connectivity index (χ2n) is 5.72. The molecular weight excluding hydrogens is 391 g/mol. The molecule has 0 aliphatic carbocycles. The minimum Gasteiger partial charge on any atom is -0.387 e. The predicted octanol–water partition coefficient (Wildman–Crippen LogP) is 3.69. The van der Waals surface area contributed by atoms with Crippen molar-refractivity contribution in [3.05, 3.63) is 73.8 Å². The van der Waals surface area contributed by atoms with E-state index in [2.05, 4.69) is 15.6 Å². The zero-order chi connectivity index (χ0) is 19.8. The van der Waals surface area contributed by atoms with Crippen LogP contribution in [-0.4, -0.2) is 29.1 Å². The zero-order valence-electron chi connectivity index (χ0n) is 14.7. The van der Waals surface area contributed by atoms with Crippen LogP contribution in [-0.2, 0) is 6.54 Å². The highest BCUT2D eigenvalue weighted by molar-refractivity contribution is 6.34. The molecule has 1 atom stereocenters. The lowest BCUT2D eigenvalue weighted by Gasteiger charge is -2.16. The lowest BCUT2D eigenvalue weighted by atomic mass is 10.1. The van der Waals surface area contributed by atoms with E-state index in [9.17, 15) is 15.2 Å². The van der Waals surface area contributed by atoms with Crippen LogP contribution in [0, 0.1) is 10.1 Å². The molecule has 3 N–H and O–H groups in total. The summed E-state index contributed by atoms with van der Waals surface area (Å²) in [5.74, 6) is 0.517. The zero-order valence-corrected chi connectivity index (χ0v) is 16.2. The van der Waals surface area contributed by atoms with Gasteiger partial charge in [0.15, 0.2) is 5.96 Å². The van der Waals surface area contributed by atoms with Crippen molar-refractivity contribution in [3.8, 4) is 0 Å². The first-order valence-corrected chi connectivity index (χ1v) is 9.04. The average Bonchev–Trinajstić information content (AvgIpc) is 2.63. The van der Waals surface area contributed by atoms with E-state index in [-0.39, 0.29) is 12.2 Å². The summed E-state index contributed by atoms with van der Waals surface area (Å²) in [5, 5.41) is 28.1. The summed E-state index contributed by atoms with van der Waals surface area (Å²) in [4.78, 5) is 14.7. The Kier molecular flexibility index (Phi) is 7.84. The molecule has 7 nitrogen and oxygen atoms in total. The van der Waals surface area contributed by atoms with E-state index in [0.29, 0.717) is 34.7 Å². The number of hydrogen-bond donors (Lipinski definition) is 3. The third-order valence-electron chi connectivity index (χ3n) is 3.64. The van der Waals surface area contributed by atoms with Gasteiger partial charge in [0.05, 0.1) is 17.6 Å². The lowest BCUT2D eigenvalue weighted by molar-refractivity contribution is -0.384. The van der Waals surface area contributed by atoms with E-state index in [0.717, 1.165) is 5.56 Å². The SMILES string of the molecule is CCNC(=NCc1ccc([N+](=O)[O-])cc1)NCC(O)c1cc(Cl)cc(Cl)c1. The topological polar surface area (TPSA) is 99.8 Å². The van der Waals surface area contributed by atoms with Crippen LogP contribution in [0.1, 0.15) is 24.2 Å². The van der Waals surface area contributed by atoms with Crippen molar-refractivity contribution in [1.29, 1.82) is 0 Å². The standard InChI is InChI=1S/C18H20Cl2N4O3/c1-2-21-18(22-10-12-3-5-16(6-4-12)24(26)27)23-11-17(25)13-7-14(19)9-15(20)8-13/h3-9,17,25H,2,10-11H2,1H3,(H2,21,22,23). The van der Waals surface area contributed by atoms with Gasteiger partial charge in [0, 0.05) is 35.3 Å². The number of halogens is 2. The van der Waals surface area contributed by atoms with Crippen molar-refractivity contribution in [2.75, 3.05) is 13.1 Å². The summed E-state index contributed by atoms with van der Waals surface area (Å²) in [5.41, 5.74) is 1.47. The van der Waals surface area contributed by atoms with Crippen molar-refractivity contribution in [1.82, 2.24) is 10.6 Å². The van der Waals surface area contributed by atoms with E-state index < -0.39 is 11.0 Å². The van der Waals surface area contributed by atoms with Crippen molar-refractivity contribution in [3.63, 3.8) is 0 Å². The third kappa shape index (κ3) is 6.71. The number of hydrogen-bond acceptors (Lipinski definition) is 4. The summed E-state index contributed by atoms with van der Waals surface area (Å²) >= 11 is 11.9. The van der Waals surface area contributed by atoms with E-state index in [4.69, 9.17) is 23.2 Å². The van der Waals surface area contributed by atoms with Gasteiger partial charge >= 0.3 is 0 Å². The van der Waals surface area contributed by atoms with Gasteiger partial charge in [0.1, 0.15) is 0 Å². The lowest BCUT2D eigenvalue weighted by Crippen LogP contribution is -2.39. The van der Waals surface area contributed by atoms with Crippen LogP contribution in [0.15, 0.2) is 47.5 Å². The maximum absolute atomic E-state index is 10.7. The Morgan fingerprint density at radius 2 is 1.81 bits per heavy atom. The Bertz CT molecular complexity index is 793. The Morgan fingerprint density at radius 3 is 2.37 bits per heavy atom. The maximum atomic E-state index is 10.7. The quantitative estimate of drug-likeness (QED) is 0.279. The highest BCUT2D eigenvalue weighted by atomic mass is 35.5. The fraction of sp³-hybridized carbons (Fsp3) is 0.278. The summed E-state index contributed by atoms with van der Waals surface area (Å²) in [6, 6.07) is 11.1. The molecule has 2 aromatic carbocycles. The fourth-order valence-corrected chi connectivity index (χ4v) is 2.86. The number of aliphatic imine (C=N–C) groups is 1. The number of benzene rings is 2. The first kappa shape index (κ1) is 21.0. The molecule has 0 radical (unpaired) electrons. The van der Waals surface area contributed by atoms with E-state index in [1.165, 1.54) is 12.1 Å². The highest BCUT2D eigenvalue weighted by Gasteiger charge is 2.10. The monoisotopic (exact) mass is 410 g/mol. The molecule has 0 aliphatic heterocycles. The molecule has 0 bridgehead atoms. The Balaban J connectivity index is 1.99. The number of nitro groups is 1. The largest absolute Gasteiger partial charge is 0.387 e. The molecule has 2 aromatic rings. The maximum Gasteiger partial charge on any atom is 0.269 e. The number of guanidine groups is 1. The fourth-order valence-electron chi connectivity index (χ4n) is 2.31. The van der Waals surface area contributed by atoms with E-state index in [1.807, 2.05) is 6.92 Å². The molecule has 0 saturated carbocycles. The van der Waals surface area contributed by atoms with Crippen LogP contribution >= 0.6 is 23.2 Å². The summed E-state index contributed by atoms with van der Waals surface area (Å²) in [6.45, 7) is 3.12. The van der Waals surface area contributed by atoms with E-state index in [1.54, 1.807) is 30.3 Å². The highest BCUT2D eigenvalue weighted by Crippen LogP contribution is 2.23. The van der Waals surface area contributed by atoms with Gasteiger partial charge in [0.25, 0.3) is 5.69 Å². The molecule has 0 heterocycles. The Hall–Kier alpha value is -2.35. The molecule has 144 valence electrons. The van der Waals surface area contributed by atoms with Crippen LogP contribution in [0.3, 0.4) is 0 Å². The number of non-ortho nitro benzene ring substituents is 1. The summed E-state index contributed by atoms with van der Waals surface area (Å²) in [7, 11) is 0. The molecule has 0 saturated heterocycles. The van der Waals surface area contributed by atoms with Gasteiger partial charge in [-0.15, -0.1) is 0 Å². The molecular formula is C18H20Cl2N4O3. The Morgan fingerprint density at radius 1 is 1.19 bits per heavy atom. The molecule has 2 rings (SSSR count). The van der Waals surface area contributed by atoms with Gasteiger partial charge in [-0.25, -0.2) is 4.99 Å². The normalized spacial score (nSPS) is 12.5. The van der Waals surface area contributed by atoms with Crippen LogP contribution in [0.5, 0.6) is 0 Å². The Labute approximate surface area is 167 Å². The first-order valence-electron chi connectivity index (χ1n) is 8.28. The number of nitro benzene ring substituents is 1. The van der Waals surface area contributed by atoms with E-state index >= 15 is 0 Å². The van der Waals surface area contributed by atoms with Crippen LogP contribution in [0.25, 0.3) is 0 Å². The van der Waals surface area contributed by atoms with Crippen molar-refractivity contribution < 1.29 is 10.0 Å². The molecule has 1 unspecified atom stereocenters. The number of aliphatic hydroxyl groups excluding tert-OH is 1. The number of aliphatic hydroxyl groups is 1. The van der Waals surface area contributed by atoms with Gasteiger partial charge in [-0.3, -0.25) is 10.1 Å². The summed E-state index contributed by atoms with van der Waals surface area (Å²) in [6.07, 6.45) is -0.815. The minimum absolute atomic E-state index is 0.0380. The second kappa shape index (κ2) is 10.1. The molecule has 0 aliphatic rings. The average molecular weight is 411 g/mol. The molecule has 0 aromatic heterocycles. The summed E-state index contributed by atoms with van der Waals surface area (Å²) < 4.78 is 0. The van der Waals surface area contributed by atoms with Gasteiger partial charge < -0.3 is 15.7 Å². The molecule has 0 fully saturated rings. The van der Waals surface area contributed by atoms with Crippen LogP contribution < -0.4 is 10.6 Å². The van der Waals surface area contributed by atoms with Crippen LogP contribution in [0.2, 0.25) is 10.0 Å². The van der Waals surface area contributed by atoms with Gasteiger partial charge in [0.2, 0.25) is 0 Å². The van der Waals surface area contributed by atoms with Crippen molar-refractivity contribution in [2.45, 2.75) is 19.6 Å². The van der Waals surface area contributed by atoms with Gasteiger partial charge in [-0.05, 0) is 36.2 Å². The molecule has 27 heavy (non-hydrogen) atoms. The smallest absolute Gasteiger partial charge is 0.269 e. The van der Waals surface area contributed by atoms with Gasteiger partial charge in [-0.2, -0.15) is 0 Å². The van der Waals surface area contributed by atoms with Crippen LogP contribution in [0.4, 0.5) is 5.69 Å². The molecule has 0 spiro atoms. The predicted molar refractivity (Wildman–Crippen MR) is 107 cm³/mol. The molecule has 0 amide bonds. The van der Waals surface area contributed by atoms with Gasteiger partial charge in [-0.1, -0.05) is 35.3 Å². The third-order valence-corrected chi connectivity index (χ3v) is 4.08. The number of rotatable bonds is 7. The molecule has 9 heteroatoms. The minimum atomic E-state index is -0.815. The van der Waals surface area contributed by atoms with Crippen molar-refractivity contribution >= 4 is 34.8 Å². The second-order valence-corrected chi connectivity index (χ2v) is 6.59. The first-order chi connectivity index (χ1) is 12.9. The number of nitrogens with zero attached hydrogens (tertiary/aromatic N) is 2. The van der Waals surface area contributed by atoms with Crippen molar-refractivity contribution in [2.24, 2.45) is 4.99 Å². The number of nitrogens with one attached hydrogen (secondary N) is 2.